The van der Waals surface area contributed by atoms with E-state index in [1.165, 1.54) is 23.1 Å². The fourth-order valence-electron chi connectivity index (χ4n) is 4.00. The molecule has 1 aromatic rings. The van der Waals surface area contributed by atoms with Crippen molar-refractivity contribution in [1.29, 1.82) is 0 Å². The topological polar surface area (TPSA) is 49.3 Å². The van der Waals surface area contributed by atoms with Gasteiger partial charge in [0.05, 0.1) is 5.92 Å². The maximum Gasteiger partial charge on any atom is 0.306 e. The molecule has 3 rings (SSSR count). The molecular formula is C18H25NO2. The van der Waals surface area contributed by atoms with Gasteiger partial charge < -0.3 is 10.4 Å². The Hall–Kier alpha value is -1.35. The first-order valence-electron chi connectivity index (χ1n) is 8.21. The number of nitrogens with one attached hydrogen (secondary N) is 1. The van der Waals surface area contributed by atoms with Gasteiger partial charge in [0.2, 0.25) is 0 Å². The van der Waals surface area contributed by atoms with Crippen LogP contribution >= 0.6 is 0 Å². The molecule has 1 fully saturated rings. The number of hydrogen-bond donors (Lipinski definition) is 2. The minimum Gasteiger partial charge on any atom is -0.481 e. The van der Waals surface area contributed by atoms with Gasteiger partial charge in [-0.3, -0.25) is 4.79 Å². The van der Waals surface area contributed by atoms with Crippen molar-refractivity contribution in [2.75, 3.05) is 6.54 Å². The number of aliphatic carboxylic acids is 1. The van der Waals surface area contributed by atoms with Crippen molar-refractivity contribution in [3.8, 4) is 0 Å². The highest BCUT2D eigenvalue weighted by molar-refractivity contribution is 5.70. The van der Waals surface area contributed by atoms with Gasteiger partial charge in [0.1, 0.15) is 0 Å². The molecule has 0 spiro atoms. The molecule has 114 valence electrons. The largest absolute Gasteiger partial charge is 0.481 e. The Morgan fingerprint density at radius 2 is 2.10 bits per heavy atom. The number of carbonyl (C=O) groups is 1. The highest BCUT2D eigenvalue weighted by Gasteiger charge is 2.31. The number of carboxylic acids is 1. The Balaban J connectivity index is 1.63. The lowest BCUT2D eigenvalue weighted by molar-refractivity contribution is -0.144. The van der Waals surface area contributed by atoms with Gasteiger partial charge in [0.25, 0.3) is 0 Å². The predicted molar refractivity (Wildman–Crippen MR) is 83.3 cm³/mol. The number of hydrogen-bond acceptors (Lipinski definition) is 2. The van der Waals surface area contributed by atoms with Gasteiger partial charge in [-0.2, -0.15) is 0 Å². The Bertz CT molecular complexity index is 526. The van der Waals surface area contributed by atoms with E-state index in [4.69, 9.17) is 0 Å². The van der Waals surface area contributed by atoms with Gasteiger partial charge in [-0.25, -0.2) is 0 Å². The third kappa shape index (κ3) is 3.13. The van der Waals surface area contributed by atoms with Gasteiger partial charge in [-0.05, 0) is 56.2 Å². The van der Waals surface area contributed by atoms with Crippen LogP contribution in [0.25, 0.3) is 0 Å². The summed E-state index contributed by atoms with van der Waals surface area (Å²) < 4.78 is 0. The smallest absolute Gasteiger partial charge is 0.306 e. The lowest BCUT2D eigenvalue weighted by Crippen LogP contribution is -2.35. The van der Waals surface area contributed by atoms with E-state index in [0.29, 0.717) is 12.0 Å². The van der Waals surface area contributed by atoms with Gasteiger partial charge in [0.15, 0.2) is 0 Å². The molecule has 1 saturated carbocycles. The van der Waals surface area contributed by atoms with Crippen LogP contribution in [-0.2, 0) is 11.2 Å². The molecule has 2 aliphatic carbocycles. The summed E-state index contributed by atoms with van der Waals surface area (Å²) in [6, 6.07) is 7.13. The summed E-state index contributed by atoms with van der Waals surface area (Å²) in [5.41, 5.74) is 4.19. The Morgan fingerprint density at radius 3 is 2.90 bits per heavy atom. The number of benzene rings is 1. The monoisotopic (exact) mass is 287 g/mol. The summed E-state index contributed by atoms with van der Waals surface area (Å²) >= 11 is 0. The van der Waals surface area contributed by atoms with Crippen molar-refractivity contribution >= 4 is 5.97 Å². The van der Waals surface area contributed by atoms with Crippen LogP contribution < -0.4 is 5.32 Å². The van der Waals surface area contributed by atoms with Crippen LogP contribution in [-0.4, -0.2) is 17.6 Å². The molecule has 3 unspecified atom stereocenters. The maximum atomic E-state index is 11.4. The average molecular weight is 287 g/mol. The van der Waals surface area contributed by atoms with E-state index < -0.39 is 5.97 Å². The van der Waals surface area contributed by atoms with Crippen LogP contribution in [0.15, 0.2) is 18.2 Å². The number of carboxylic acid groups (broad SMARTS) is 1. The summed E-state index contributed by atoms with van der Waals surface area (Å²) in [6.07, 6.45) is 6.43. The highest BCUT2D eigenvalue weighted by Crippen LogP contribution is 2.34. The molecule has 0 heterocycles. The first-order chi connectivity index (χ1) is 10.1. The van der Waals surface area contributed by atoms with Gasteiger partial charge in [-0.15, -0.1) is 0 Å². The maximum absolute atomic E-state index is 11.4. The Kier molecular flexibility index (Phi) is 4.29. The third-order valence-electron chi connectivity index (χ3n) is 5.23. The molecule has 0 bridgehead atoms. The summed E-state index contributed by atoms with van der Waals surface area (Å²) in [5, 5.41) is 13.0. The minimum atomic E-state index is -0.607. The lowest BCUT2D eigenvalue weighted by atomic mass is 9.79. The van der Waals surface area contributed by atoms with E-state index >= 15 is 0 Å². The second-order valence-electron chi connectivity index (χ2n) is 6.69. The fourth-order valence-corrected chi connectivity index (χ4v) is 4.00. The summed E-state index contributed by atoms with van der Waals surface area (Å²) in [7, 11) is 0. The third-order valence-corrected chi connectivity index (χ3v) is 5.23. The zero-order valence-corrected chi connectivity index (χ0v) is 12.8. The van der Waals surface area contributed by atoms with Crippen LogP contribution in [0.1, 0.15) is 54.8 Å². The number of rotatable bonds is 4. The zero-order chi connectivity index (χ0) is 14.8. The van der Waals surface area contributed by atoms with Crippen molar-refractivity contribution in [3.63, 3.8) is 0 Å². The molecular weight excluding hydrogens is 262 g/mol. The minimum absolute atomic E-state index is 0.148. The van der Waals surface area contributed by atoms with E-state index in [0.717, 1.165) is 38.6 Å². The van der Waals surface area contributed by atoms with E-state index in [1.54, 1.807) is 0 Å². The molecule has 1 aromatic carbocycles. The summed E-state index contributed by atoms with van der Waals surface area (Å²) in [6.45, 7) is 2.98. The summed E-state index contributed by atoms with van der Waals surface area (Å²) in [5.74, 6) is -0.459. The molecule has 2 aliphatic rings. The average Bonchev–Trinajstić information content (AvgIpc) is 2.87. The number of aryl methyl sites for hydroxylation is 2. The predicted octanol–water partition coefficient (Wildman–Crippen LogP) is 3.46. The van der Waals surface area contributed by atoms with Crippen molar-refractivity contribution in [2.45, 2.75) is 51.5 Å². The molecule has 3 heteroatoms. The van der Waals surface area contributed by atoms with Crippen LogP contribution in [0.4, 0.5) is 0 Å². The van der Waals surface area contributed by atoms with Crippen LogP contribution in [0, 0.1) is 18.8 Å². The van der Waals surface area contributed by atoms with Gasteiger partial charge in [-0.1, -0.05) is 36.6 Å². The van der Waals surface area contributed by atoms with Gasteiger partial charge in [0, 0.05) is 6.04 Å². The zero-order valence-electron chi connectivity index (χ0n) is 12.8. The van der Waals surface area contributed by atoms with Crippen LogP contribution in [0.3, 0.4) is 0 Å². The summed E-state index contributed by atoms with van der Waals surface area (Å²) in [4.78, 5) is 11.4. The second kappa shape index (κ2) is 6.18. The highest BCUT2D eigenvalue weighted by atomic mass is 16.4. The molecule has 0 saturated heterocycles. The van der Waals surface area contributed by atoms with Crippen molar-refractivity contribution < 1.29 is 9.90 Å². The SMILES string of the molecule is Cc1ccc2c(c1)C(NCC1CCCCC1C(=O)O)CC2. The van der Waals surface area contributed by atoms with Crippen molar-refractivity contribution in [3.05, 3.63) is 34.9 Å². The van der Waals surface area contributed by atoms with E-state index in [1.807, 2.05) is 0 Å². The fraction of sp³-hybridized carbons (Fsp3) is 0.611. The molecule has 3 nitrogen and oxygen atoms in total. The van der Waals surface area contributed by atoms with Crippen molar-refractivity contribution in [2.24, 2.45) is 11.8 Å². The normalized spacial score (nSPS) is 28.3. The lowest BCUT2D eigenvalue weighted by Gasteiger charge is -2.30. The molecule has 21 heavy (non-hydrogen) atoms. The second-order valence-corrected chi connectivity index (χ2v) is 6.69. The van der Waals surface area contributed by atoms with Crippen LogP contribution in [0.5, 0.6) is 0 Å². The molecule has 0 aromatic heterocycles. The molecule has 2 N–H and O–H groups in total. The first kappa shape index (κ1) is 14.6. The molecule has 3 atom stereocenters. The Morgan fingerprint density at radius 1 is 1.29 bits per heavy atom. The van der Waals surface area contributed by atoms with Gasteiger partial charge >= 0.3 is 5.97 Å². The quantitative estimate of drug-likeness (QED) is 0.891. The number of fused-ring (bicyclic) bond motifs is 1. The van der Waals surface area contributed by atoms with Crippen LogP contribution in [0.2, 0.25) is 0 Å². The molecule has 0 aliphatic heterocycles. The first-order valence-corrected chi connectivity index (χ1v) is 8.21. The van der Waals surface area contributed by atoms with E-state index in [9.17, 15) is 9.90 Å². The standard InChI is InChI=1S/C18H25NO2/c1-12-6-7-13-8-9-17(16(13)10-12)19-11-14-4-2-3-5-15(14)18(20)21/h6-7,10,14-15,17,19H,2-5,8-9,11H2,1H3,(H,20,21). The van der Waals surface area contributed by atoms with E-state index in [-0.39, 0.29) is 5.92 Å². The Labute approximate surface area is 126 Å². The van der Waals surface area contributed by atoms with E-state index in [2.05, 4.69) is 30.4 Å². The molecule has 0 radical (unpaired) electrons. The molecule has 0 amide bonds. The van der Waals surface area contributed by atoms with Crippen molar-refractivity contribution in [1.82, 2.24) is 5.32 Å².